The van der Waals surface area contributed by atoms with Crippen LogP contribution in [0.3, 0.4) is 0 Å². The van der Waals surface area contributed by atoms with E-state index in [-0.39, 0.29) is 6.79 Å². The normalized spacial score (nSPS) is 11.8. The van der Waals surface area contributed by atoms with Crippen LogP contribution in [0, 0.1) is 6.92 Å². The average Bonchev–Trinajstić information content (AvgIpc) is 3.15. The second-order valence-electron chi connectivity index (χ2n) is 6.11. The molecule has 0 atom stereocenters. The van der Waals surface area contributed by atoms with Gasteiger partial charge in [-0.1, -0.05) is 6.07 Å². The number of hydrogen-bond donors (Lipinski definition) is 2. The first kappa shape index (κ1) is 17.6. The molecule has 0 saturated carbocycles. The number of ether oxygens (including phenoxy) is 3. The van der Waals surface area contributed by atoms with Gasteiger partial charge in [0.2, 0.25) is 12.7 Å². The zero-order valence-electron chi connectivity index (χ0n) is 15.4. The molecule has 2 heterocycles. The van der Waals surface area contributed by atoms with Crippen LogP contribution in [0.4, 0.5) is 23.1 Å². The third-order valence-electron chi connectivity index (χ3n) is 4.04. The number of carbonyl (C=O) groups excluding carboxylic acids is 1. The van der Waals surface area contributed by atoms with E-state index in [1.807, 2.05) is 37.3 Å². The first-order chi connectivity index (χ1) is 13.6. The number of benzene rings is 2. The van der Waals surface area contributed by atoms with Crippen LogP contribution in [-0.2, 0) is 4.74 Å². The van der Waals surface area contributed by atoms with E-state index in [1.54, 1.807) is 18.2 Å². The molecular weight excluding hydrogens is 360 g/mol. The van der Waals surface area contributed by atoms with Crippen LogP contribution >= 0.6 is 0 Å². The van der Waals surface area contributed by atoms with Crippen LogP contribution < -0.4 is 20.1 Å². The minimum Gasteiger partial charge on any atom is -0.465 e. The SMILES string of the molecule is COC(=O)c1cccc(Nc2nc(C)cc(Nc3ccc4c(c3)OCO4)n2)c1. The maximum absolute atomic E-state index is 11.7. The van der Waals surface area contributed by atoms with Crippen molar-refractivity contribution in [2.45, 2.75) is 6.92 Å². The van der Waals surface area contributed by atoms with Gasteiger partial charge in [-0.05, 0) is 37.3 Å². The van der Waals surface area contributed by atoms with Crippen molar-refractivity contribution in [1.82, 2.24) is 9.97 Å². The van der Waals surface area contributed by atoms with E-state index in [0.717, 1.165) is 17.1 Å². The van der Waals surface area contributed by atoms with Crippen LogP contribution in [0.2, 0.25) is 0 Å². The first-order valence-electron chi connectivity index (χ1n) is 8.58. The Morgan fingerprint density at radius 1 is 1.00 bits per heavy atom. The van der Waals surface area contributed by atoms with Crippen molar-refractivity contribution in [3.63, 3.8) is 0 Å². The number of carbonyl (C=O) groups is 1. The van der Waals surface area contributed by atoms with Gasteiger partial charge in [0.05, 0.1) is 12.7 Å². The summed E-state index contributed by atoms with van der Waals surface area (Å²) in [7, 11) is 1.35. The van der Waals surface area contributed by atoms with Gasteiger partial charge in [0, 0.05) is 29.2 Å². The van der Waals surface area contributed by atoms with Crippen LogP contribution in [0.25, 0.3) is 0 Å². The van der Waals surface area contributed by atoms with Crippen molar-refractivity contribution in [2.24, 2.45) is 0 Å². The quantitative estimate of drug-likeness (QED) is 0.648. The second kappa shape index (κ2) is 7.43. The highest BCUT2D eigenvalue weighted by molar-refractivity contribution is 5.90. The highest BCUT2D eigenvalue weighted by atomic mass is 16.7. The predicted molar refractivity (Wildman–Crippen MR) is 104 cm³/mol. The molecule has 2 aromatic carbocycles. The largest absolute Gasteiger partial charge is 0.465 e. The Labute approximate surface area is 161 Å². The molecule has 0 amide bonds. The molecular formula is C20H18N4O4. The Morgan fingerprint density at radius 2 is 1.82 bits per heavy atom. The highest BCUT2D eigenvalue weighted by Gasteiger charge is 2.14. The Kier molecular flexibility index (Phi) is 4.67. The summed E-state index contributed by atoms with van der Waals surface area (Å²) in [6, 6.07) is 14.4. The third-order valence-corrected chi connectivity index (χ3v) is 4.04. The Bertz CT molecular complexity index is 1040. The van der Waals surface area contributed by atoms with Crippen molar-refractivity contribution in [3.8, 4) is 11.5 Å². The zero-order valence-corrected chi connectivity index (χ0v) is 15.4. The van der Waals surface area contributed by atoms with E-state index in [9.17, 15) is 4.79 Å². The lowest BCUT2D eigenvalue weighted by atomic mass is 10.2. The molecule has 2 N–H and O–H groups in total. The summed E-state index contributed by atoms with van der Waals surface area (Å²) >= 11 is 0. The fourth-order valence-corrected chi connectivity index (χ4v) is 2.78. The fourth-order valence-electron chi connectivity index (χ4n) is 2.78. The average molecular weight is 378 g/mol. The number of fused-ring (bicyclic) bond motifs is 1. The molecule has 0 spiro atoms. The van der Waals surface area contributed by atoms with E-state index in [2.05, 4.69) is 20.6 Å². The summed E-state index contributed by atoms with van der Waals surface area (Å²) in [6.07, 6.45) is 0. The Morgan fingerprint density at radius 3 is 2.68 bits per heavy atom. The number of aromatic nitrogens is 2. The van der Waals surface area contributed by atoms with E-state index < -0.39 is 5.97 Å². The van der Waals surface area contributed by atoms with Gasteiger partial charge in [-0.2, -0.15) is 4.98 Å². The monoisotopic (exact) mass is 378 g/mol. The number of hydrogen-bond acceptors (Lipinski definition) is 8. The maximum Gasteiger partial charge on any atom is 0.337 e. The lowest BCUT2D eigenvalue weighted by molar-refractivity contribution is 0.0601. The molecule has 0 bridgehead atoms. The molecule has 8 heteroatoms. The van der Waals surface area contributed by atoms with Gasteiger partial charge in [-0.15, -0.1) is 0 Å². The summed E-state index contributed by atoms with van der Waals surface area (Å²) in [4.78, 5) is 20.6. The van der Waals surface area contributed by atoms with Crippen molar-refractivity contribution < 1.29 is 19.0 Å². The smallest absolute Gasteiger partial charge is 0.337 e. The van der Waals surface area contributed by atoms with Gasteiger partial charge in [-0.25, -0.2) is 9.78 Å². The summed E-state index contributed by atoms with van der Waals surface area (Å²) < 4.78 is 15.5. The van der Waals surface area contributed by atoms with E-state index in [1.165, 1.54) is 7.11 Å². The van der Waals surface area contributed by atoms with E-state index in [4.69, 9.17) is 14.2 Å². The summed E-state index contributed by atoms with van der Waals surface area (Å²) in [5, 5.41) is 6.36. The summed E-state index contributed by atoms with van der Waals surface area (Å²) in [5.41, 5.74) is 2.73. The highest BCUT2D eigenvalue weighted by Crippen LogP contribution is 2.35. The molecule has 142 valence electrons. The third kappa shape index (κ3) is 3.80. The summed E-state index contributed by atoms with van der Waals surface area (Å²) in [5.74, 6) is 2.04. The number of nitrogens with one attached hydrogen (secondary N) is 2. The standard InChI is InChI=1S/C20H18N4O4/c1-12-8-18(22-15-6-7-16-17(10-15)28-11-27-16)24-20(21-12)23-14-5-3-4-13(9-14)19(25)26-2/h3-10H,11H2,1-2H3,(H2,21,22,23,24). The fraction of sp³-hybridized carbons (Fsp3) is 0.150. The molecule has 4 rings (SSSR count). The molecule has 0 saturated heterocycles. The molecule has 1 aromatic heterocycles. The number of nitrogens with zero attached hydrogens (tertiary/aromatic N) is 2. The van der Waals surface area contributed by atoms with Crippen molar-refractivity contribution >= 4 is 29.1 Å². The molecule has 0 aliphatic carbocycles. The lowest BCUT2D eigenvalue weighted by Crippen LogP contribution is -2.04. The lowest BCUT2D eigenvalue weighted by Gasteiger charge is -2.11. The van der Waals surface area contributed by atoms with Crippen molar-refractivity contribution in [2.75, 3.05) is 24.5 Å². The summed E-state index contributed by atoms with van der Waals surface area (Å²) in [6.45, 7) is 2.10. The van der Waals surface area contributed by atoms with Gasteiger partial charge in [-0.3, -0.25) is 0 Å². The van der Waals surface area contributed by atoms with E-state index in [0.29, 0.717) is 28.8 Å². The molecule has 0 unspecified atom stereocenters. The van der Waals surface area contributed by atoms with E-state index >= 15 is 0 Å². The Balaban J connectivity index is 1.55. The van der Waals surface area contributed by atoms with Crippen LogP contribution in [0.5, 0.6) is 11.5 Å². The molecule has 28 heavy (non-hydrogen) atoms. The molecule has 0 fully saturated rings. The number of rotatable bonds is 5. The van der Waals surface area contributed by atoms with Gasteiger partial charge < -0.3 is 24.8 Å². The van der Waals surface area contributed by atoms with Crippen LogP contribution in [0.15, 0.2) is 48.5 Å². The topological polar surface area (TPSA) is 94.6 Å². The van der Waals surface area contributed by atoms with Crippen LogP contribution in [-0.4, -0.2) is 29.8 Å². The van der Waals surface area contributed by atoms with Gasteiger partial charge in [0.15, 0.2) is 11.5 Å². The number of esters is 1. The number of aryl methyl sites for hydroxylation is 1. The van der Waals surface area contributed by atoms with Crippen molar-refractivity contribution in [1.29, 1.82) is 0 Å². The Hall–Kier alpha value is -3.81. The molecule has 1 aliphatic heterocycles. The van der Waals surface area contributed by atoms with Gasteiger partial charge in [0.25, 0.3) is 0 Å². The molecule has 0 radical (unpaired) electrons. The maximum atomic E-state index is 11.7. The zero-order chi connectivity index (χ0) is 19.5. The molecule has 1 aliphatic rings. The predicted octanol–water partition coefficient (Wildman–Crippen LogP) is 3.79. The van der Waals surface area contributed by atoms with Crippen molar-refractivity contribution in [3.05, 3.63) is 59.8 Å². The van der Waals surface area contributed by atoms with Gasteiger partial charge in [0.1, 0.15) is 5.82 Å². The molecule has 8 nitrogen and oxygen atoms in total. The van der Waals surface area contributed by atoms with Gasteiger partial charge >= 0.3 is 5.97 Å². The number of anilines is 4. The first-order valence-corrected chi connectivity index (χ1v) is 8.58. The second-order valence-corrected chi connectivity index (χ2v) is 6.11. The number of methoxy groups -OCH3 is 1. The minimum atomic E-state index is -0.404. The molecule has 3 aromatic rings. The minimum absolute atomic E-state index is 0.226. The van der Waals surface area contributed by atoms with Crippen LogP contribution in [0.1, 0.15) is 16.1 Å².